The van der Waals surface area contributed by atoms with Gasteiger partial charge in [-0.15, -0.1) is 0 Å². The van der Waals surface area contributed by atoms with Gasteiger partial charge in [0.2, 0.25) is 5.88 Å². The summed E-state index contributed by atoms with van der Waals surface area (Å²) in [5.74, 6) is 0.592. The molecule has 3 rings (SSSR count). The first-order chi connectivity index (χ1) is 11.6. The van der Waals surface area contributed by atoms with Crippen LogP contribution in [-0.4, -0.2) is 16.9 Å². The van der Waals surface area contributed by atoms with E-state index < -0.39 is 0 Å². The molecule has 126 valence electrons. The van der Waals surface area contributed by atoms with Crippen LogP contribution in [0, 0.1) is 11.7 Å². The number of aromatic nitrogens is 1. The van der Waals surface area contributed by atoms with Crippen LogP contribution >= 0.6 is 0 Å². The molecule has 4 nitrogen and oxygen atoms in total. The summed E-state index contributed by atoms with van der Waals surface area (Å²) in [7, 11) is 0. The van der Waals surface area contributed by atoms with E-state index in [1.165, 1.54) is 37.6 Å². The topological polar surface area (TPSA) is 51.2 Å². The predicted molar refractivity (Wildman–Crippen MR) is 89.2 cm³/mol. The van der Waals surface area contributed by atoms with Crippen molar-refractivity contribution in [3.8, 4) is 5.88 Å². The molecule has 1 amide bonds. The lowest BCUT2D eigenvalue weighted by Gasteiger charge is -2.31. The molecule has 1 aliphatic carbocycles. The van der Waals surface area contributed by atoms with E-state index in [2.05, 4.69) is 10.3 Å². The Labute approximate surface area is 141 Å². The van der Waals surface area contributed by atoms with Crippen LogP contribution in [0.5, 0.6) is 5.88 Å². The molecule has 24 heavy (non-hydrogen) atoms. The van der Waals surface area contributed by atoms with Crippen molar-refractivity contribution in [1.82, 2.24) is 10.3 Å². The molecule has 1 heterocycles. The molecule has 1 N–H and O–H groups in total. The van der Waals surface area contributed by atoms with Crippen LogP contribution in [0.1, 0.15) is 42.1 Å². The summed E-state index contributed by atoms with van der Waals surface area (Å²) in [5, 5.41) is 3.02. The molecular formula is C19H21FN2O2. The molecule has 0 saturated heterocycles. The number of rotatable bonds is 6. The first-order valence-corrected chi connectivity index (χ1v) is 8.26. The average Bonchev–Trinajstić information content (AvgIpc) is 2.51. The fourth-order valence-electron chi connectivity index (χ4n) is 2.73. The van der Waals surface area contributed by atoms with Gasteiger partial charge in [0.25, 0.3) is 5.91 Å². The number of nitrogens with zero attached hydrogens (tertiary/aromatic N) is 1. The highest BCUT2D eigenvalue weighted by molar-refractivity contribution is 5.94. The minimum atomic E-state index is -0.295. The quantitative estimate of drug-likeness (QED) is 0.879. The van der Waals surface area contributed by atoms with Crippen LogP contribution in [0.15, 0.2) is 42.6 Å². The van der Waals surface area contributed by atoms with E-state index in [-0.39, 0.29) is 24.4 Å². The Hall–Kier alpha value is -2.43. The van der Waals surface area contributed by atoms with Gasteiger partial charge in [-0.2, -0.15) is 0 Å². The van der Waals surface area contributed by atoms with E-state index in [1.807, 2.05) is 6.92 Å². The normalized spacial score (nSPS) is 15.4. The van der Waals surface area contributed by atoms with Crippen molar-refractivity contribution in [2.24, 2.45) is 5.92 Å². The summed E-state index contributed by atoms with van der Waals surface area (Å²) < 4.78 is 18.6. The second-order valence-corrected chi connectivity index (χ2v) is 6.26. The Morgan fingerprint density at radius 1 is 1.38 bits per heavy atom. The lowest BCUT2D eigenvalue weighted by Crippen LogP contribution is -2.40. The van der Waals surface area contributed by atoms with Crippen molar-refractivity contribution in [2.75, 3.05) is 0 Å². The molecule has 1 aliphatic rings. The van der Waals surface area contributed by atoms with Gasteiger partial charge in [0.15, 0.2) is 0 Å². The van der Waals surface area contributed by atoms with Gasteiger partial charge < -0.3 is 10.1 Å². The van der Waals surface area contributed by atoms with Crippen molar-refractivity contribution in [1.29, 1.82) is 0 Å². The molecule has 1 aromatic carbocycles. The SMILES string of the molecule is C[C@@H](NC(=O)c1ccc(OCc2cccc(F)c2)nc1)C1CCC1. The van der Waals surface area contributed by atoms with Crippen LogP contribution in [0.3, 0.4) is 0 Å². The van der Waals surface area contributed by atoms with E-state index in [0.717, 1.165) is 5.56 Å². The van der Waals surface area contributed by atoms with Crippen molar-refractivity contribution >= 4 is 5.91 Å². The lowest BCUT2D eigenvalue weighted by molar-refractivity contribution is 0.0909. The second kappa shape index (κ2) is 7.43. The van der Waals surface area contributed by atoms with Crippen LogP contribution < -0.4 is 10.1 Å². The Morgan fingerprint density at radius 2 is 2.21 bits per heavy atom. The molecule has 0 radical (unpaired) electrons. The molecule has 5 heteroatoms. The Kier molecular flexibility index (Phi) is 5.08. The highest BCUT2D eigenvalue weighted by Gasteiger charge is 2.25. The van der Waals surface area contributed by atoms with Gasteiger partial charge in [-0.1, -0.05) is 18.6 Å². The van der Waals surface area contributed by atoms with Crippen LogP contribution in [0.2, 0.25) is 0 Å². The molecule has 1 fully saturated rings. The van der Waals surface area contributed by atoms with E-state index in [4.69, 9.17) is 4.74 Å². The first-order valence-electron chi connectivity index (χ1n) is 8.26. The minimum Gasteiger partial charge on any atom is -0.473 e. The van der Waals surface area contributed by atoms with Gasteiger partial charge in [0, 0.05) is 18.3 Å². The van der Waals surface area contributed by atoms with E-state index in [9.17, 15) is 9.18 Å². The number of benzene rings is 1. The molecule has 1 atom stereocenters. The summed E-state index contributed by atoms with van der Waals surface area (Å²) in [5.41, 5.74) is 1.24. The third kappa shape index (κ3) is 4.10. The number of hydrogen-bond acceptors (Lipinski definition) is 3. The molecular weight excluding hydrogens is 307 g/mol. The van der Waals surface area contributed by atoms with Gasteiger partial charge in [-0.3, -0.25) is 4.79 Å². The summed E-state index contributed by atoms with van der Waals surface area (Å²) in [6.45, 7) is 2.28. The molecule has 1 saturated carbocycles. The molecule has 0 aliphatic heterocycles. The maximum absolute atomic E-state index is 13.1. The largest absolute Gasteiger partial charge is 0.473 e. The molecule has 0 bridgehead atoms. The average molecular weight is 328 g/mol. The molecule has 0 unspecified atom stereocenters. The summed E-state index contributed by atoms with van der Waals surface area (Å²) in [6.07, 6.45) is 5.13. The van der Waals surface area contributed by atoms with Gasteiger partial charge in [-0.05, 0) is 49.4 Å². The molecule has 1 aromatic heterocycles. The number of nitrogens with one attached hydrogen (secondary N) is 1. The Balaban J connectivity index is 1.53. The number of pyridine rings is 1. The molecule has 0 spiro atoms. The maximum atomic E-state index is 13.1. The van der Waals surface area contributed by atoms with E-state index in [1.54, 1.807) is 24.3 Å². The van der Waals surface area contributed by atoms with E-state index >= 15 is 0 Å². The van der Waals surface area contributed by atoms with Crippen LogP contribution in [0.25, 0.3) is 0 Å². The number of halogens is 1. The number of ether oxygens (including phenoxy) is 1. The fraction of sp³-hybridized carbons (Fsp3) is 0.368. The third-order valence-corrected chi connectivity index (χ3v) is 4.49. The zero-order chi connectivity index (χ0) is 16.9. The third-order valence-electron chi connectivity index (χ3n) is 4.49. The van der Waals surface area contributed by atoms with Crippen molar-refractivity contribution in [2.45, 2.75) is 38.8 Å². The van der Waals surface area contributed by atoms with Gasteiger partial charge in [-0.25, -0.2) is 9.37 Å². The first kappa shape index (κ1) is 16.4. The number of amides is 1. The number of carbonyl (C=O) groups excluding carboxylic acids is 1. The molecule has 2 aromatic rings. The van der Waals surface area contributed by atoms with Crippen molar-refractivity contribution in [3.05, 3.63) is 59.5 Å². The highest BCUT2D eigenvalue weighted by Crippen LogP contribution is 2.29. The summed E-state index contributed by atoms with van der Waals surface area (Å²) >= 11 is 0. The summed E-state index contributed by atoms with van der Waals surface area (Å²) in [6, 6.07) is 9.77. The monoisotopic (exact) mass is 328 g/mol. The van der Waals surface area contributed by atoms with Crippen molar-refractivity contribution in [3.63, 3.8) is 0 Å². The van der Waals surface area contributed by atoms with Crippen molar-refractivity contribution < 1.29 is 13.9 Å². The Bertz CT molecular complexity index is 699. The number of hydrogen-bond donors (Lipinski definition) is 1. The lowest BCUT2D eigenvalue weighted by atomic mass is 9.80. The number of carbonyl (C=O) groups is 1. The fourth-order valence-corrected chi connectivity index (χ4v) is 2.73. The zero-order valence-corrected chi connectivity index (χ0v) is 13.7. The van der Waals surface area contributed by atoms with Crippen LogP contribution in [0.4, 0.5) is 4.39 Å². The Morgan fingerprint density at radius 3 is 2.83 bits per heavy atom. The zero-order valence-electron chi connectivity index (χ0n) is 13.7. The summed E-state index contributed by atoms with van der Waals surface area (Å²) in [4.78, 5) is 16.3. The standard InChI is InChI=1S/C19H21FN2O2/c1-13(15-5-3-6-15)22-19(23)16-8-9-18(21-11-16)24-12-14-4-2-7-17(20)10-14/h2,4,7-11,13,15H,3,5-6,12H2,1H3,(H,22,23)/t13-/m1/s1. The maximum Gasteiger partial charge on any atom is 0.253 e. The smallest absolute Gasteiger partial charge is 0.253 e. The second-order valence-electron chi connectivity index (χ2n) is 6.26. The van der Waals surface area contributed by atoms with Gasteiger partial charge in [0.05, 0.1) is 5.56 Å². The minimum absolute atomic E-state index is 0.112. The van der Waals surface area contributed by atoms with Gasteiger partial charge in [0.1, 0.15) is 12.4 Å². The van der Waals surface area contributed by atoms with Gasteiger partial charge >= 0.3 is 0 Å². The predicted octanol–water partition coefficient (Wildman–Crippen LogP) is 3.72. The van der Waals surface area contributed by atoms with E-state index in [0.29, 0.717) is 17.4 Å². The van der Waals surface area contributed by atoms with Crippen LogP contribution in [-0.2, 0) is 6.61 Å². The highest BCUT2D eigenvalue weighted by atomic mass is 19.1.